The third-order valence-corrected chi connectivity index (χ3v) is 11.8. The van der Waals surface area contributed by atoms with E-state index in [4.69, 9.17) is 26.4 Å². The van der Waals surface area contributed by atoms with Crippen LogP contribution in [-0.2, 0) is 6.54 Å². The first-order valence-corrected chi connectivity index (χ1v) is 22.8. The van der Waals surface area contributed by atoms with Crippen molar-refractivity contribution in [3.05, 3.63) is 284 Å². The smallest absolute Gasteiger partial charge is 0.266 e. The lowest BCUT2D eigenvalue weighted by molar-refractivity contribution is 0.661. The van der Waals surface area contributed by atoms with Crippen molar-refractivity contribution >= 4 is 33.2 Å². The monoisotopic (exact) mass is 896 g/mol. The van der Waals surface area contributed by atoms with Gasteiger partial charge in [-0.2, -0.15) is 0 Å². The fourth-order valence-electron chi connectivity index (χ4n) is 8.52. The maximum Gasteiger partial charge on any atom is 0.266 e. The van der Waals surface area contributed by atoms with E-state index in [1.807, 2.05) is 232 Å². The summed E-state index contributed by atoms with van der Waals surface area (Å²) in [6, 6.07) is 70.4. The minimum atomic E-state index is -0.539. The second-order valence-corrected chi connectivity index (χ2v) is 16.4. The first-order chi connectivity index (χ1) is 33.9. The van der Waals surface area contributed by atoms with Gasteiger partial charge in [0.2, 0.25) is 0 Å². The first kappa shape index (κ1) is 45.1. The van der Waals surface area contributed by atoms with E-state index in [2.05, 4.69) is 5.92 Å². The maximum atomic E-state index is 13.9. The third kappa shape index (κ3) is 9.90. The van der Waals surface area contributed by atoms with Crippen molar-refractivity contribution in [2.75, 3.05) is 0 Å². The normalized spacial score (nSPS) is 11.2. The van der Waals surface area contributed by atoms with Gasteiger partial charge < -0.3 is 0 Å². The molecule has 10 aromatic rings. The lowest BCUT2D eigenvalue weighted by Crippen LogP contribution is -2.26. The Morgan fingerprint density at radius 1 is 0.493 bits per heavy atom. The molecular formula is C61H48N6O2. The van der Waals surface area contributed by atoms with Crippen LogP contribution in [0.2, 0.25) is 0 Å². The number of aromatic nitrogens is 4. The topological polar surface area (TPSA) is 94.5 Å². The van der Waals surface area contributed by atoms with Crippen LogP contribution in [0, 0.1) is 26.2 Å². The van der Waals surface area contributed by atoms with Crippen LogP contribution in [0.1, 0.15) is 57.5 Å². The lowest BCUT2D eigenvalue weighted by atomic mass is 10.0. The molecule has 0 spiro atoms. The summed E-state index contributed by atoms with van der Waals surface area (Å²) < 4.78 is 3.35. The van der Waals surface area contributed by atoms with Crippen molar-refractivity contribution in [3.63, 3.8) is 0 Å². The van der Waals surface area contributed by atoms with Gasteiger partial charge >= 0.3 is 0 Å². The van der Waals surface area contributed by atoms with E-state index in [9.17, 15) is 9.59 Å². The lowest BCUT2D eigenvalue weighted by Gasteiger charge is -2.20. The molecule has 8 nitrogen and oxygen atoms in total. The van der Waals surface area contributed by atoms with Gasteiger partial charge in [0, 0.05) is 28.7 Å². The van der Waals surface area contributed by atoms with Gasteiger partial charge in [0.05, 0.1) is 51.1 Å². The predicted molar refractivity (Wildman–Crippen MR) is 281 cm³/mol. The first-order valence-electron chi connectivity index (χ1n) is 22.8. The average Bonchev–Trinajstić information content (AvgIpc) is 3.39. The molecule has 0 aliphatic rings. The Hall–Kier alpha value is -9.06. The van der Waals surface area contributed by atoms with E-state index in [0.29, 0.717) is 39.9 Å². The van der Waals surface area contributed by atoms with E-state index in [0.717, 1.165) is 56.2 Å². The number of rotatable bonds is 11. The molecule has 8 heteroatoms. The number of hydrogen-bond acceptors (Lipinski definition) is 6. The van der Waals surface area contributed by atoms with E-state index >= 15 is 0 Å². The van der Waals surface area contributed by atoms with Gasteiger partial charge in [-0.25, -0.2) is 9.97 Å². The zero-order valence-corrected chi connectivity index (χ0v) is 38.4. The summed E-state index contributed by atoms with van der Waals surface area (Å²) in [4.78, 5) is 47.6. The molecular weight excluding hydrogens is 849 g/mol. The second kappa shape index (κ2) is 21.1. The molecule has 0 fully saturated rings. The second-order valence-electron chi connectivity index (χ2n) is 16.4. The summed E-state index contributed by atoms with van der Waals surface area (Å²) >= 11 is 0. The molecule has 10 rings (SSSR count). The number of hydrogen-bond donors (Lipinski definition) is 0. The predicted octanol–water partition coefficient (Wildman–Crippen LogP) is 12.0. The van der Waals surface area contributed by atoms with Gasteiger partial charge in [0.25, 0.3) is 11.1 Å². The molecule has 1 atom stereocenters. The fourth-order valence-corrected chi connectivity index (χ4v) is 8.52. The standard InChI is InChI=1S/C32H25N3O.C29H23N3O/c1-3-14-28(33-30(24-16-7-4-8-17-24)25-18-9-5-10-19-25)31-34-27-22-13-15-23(2)29(27)32(36)35(31)26-20-11-6-12-21-26;1-21-12-11-19-25-27(21)29(33)32(24-17-9-4-10-18-24)26(31-25)20-30-28(22-13-5-2-6-14-22)23-15-7-3-8-16-23/h1,4-13,15-22,28H,14H2,2H3;2-19H,20H2,1H3. The highest BCUT2D eigenvalue weighted by Gasteiger charge is 2.23. The Bertz CT molecular complexity index is 3520. The average molecular weight is 897 g/mol. The Balaban J connectivity index is 0.000000172. The van der Waals surface area contributed by atoms with E-state index in [1.54, 1.807) is 9.13 Å². The van der Waals surface area contributed by atoms with Crippen molar-refractivity contribution in [3.8, 4) is 23.7 Å². The Morgan fingerprint density at radius 3 is 1.33 bits per heavy atom. The molecule has 2 heterocycles. The minimum Gasteiger partial charge on any atom is -0.276 e. The summed E-state index contributed by atoms with van der Waals surface area (Å²) in [5.41, 5.74) is 10.1. The highest BCUT2D eigenvalue weighted by Crippen LogP contribution is 2.27. The molecule has 0 aliphatic carbocycles. The van der Waals surface area contributed by atoms with Gasteiger partial charge in [-0.3, -0.25) is 28.7 Å². The van der Waals surface area contributed by atoms with Crippen molar-refractivity contribution in [1.82, 2.24) is 19.1 Å². The summed E-state index contributed by atoms with van der Waals surface area (Å²) in [5, 5.41) is 1.24. The number of fused-ring (bicyclic) bond motifs is 2. The van der Waals surface area contributed by atoms with Crippen LogP contribution in [0.3, 0.4) is 0 Å². The summed E-state index contributed by atoms with van der Waals surface area (Å²) in [6.45, 7) is 4.15. The molecule has 0 bridgehead atoms. The fraction of sp³-hybridized carbons (Fsp3) is 0.0820. The van der Waals surface area contributed by atoms with Gasteiger partial charge in [-0.1, -0.05) is 182 Å². The van der Waals surface area contributed by atoms with Gasteiger partial charge in [0.15, 0.2) is 0 Å². The number of aliphatic imine (C=N–C) groups is 2. The molecule has 0 saturated carbocycles. The minimum absolute atomic E-state index is 0.0736. The highest BCUT2D eigenvalue weighted by molar-refractivity contribution is 6.13. The molecule has 334 valence electrons. The maximum absolute atomic E-state index is 13.9. The van der Waals surface area contributed by atoms with Crippen molar-refractivity contribution in [1.29, 1.82) is 0 Å². The number of benzene rings is 8. The summed E-state index contributed by atoms with van der Waals surface area (Å²) in [5.74, 6) is 3.89. The van der Waals surface area contributed by atoms with Crippen molar-refractivity contribution < 1.29 is 0 Å². The molecule has 1 unspecified atom stereocenters. The molecule has 0 N–H and O–H groups in total. The van der Waals surface area contributed by atoms with E-state index in [-0.39, 0.29) is 17.7 Å². The van der Waals surface area contributed by atoms with Crippen molar-refractivity contribution in [2.45, 2.75) is 32.9 Å². The zero-order chi connectivity index (χ0) is 47.5. The Morgan fingerprint density at radius 2 is 0.884 bits per heavy atom. The highest BCUT2D eigenvalue weighted by atomic mass is 16.1. The molecule has 8 aromatic carbocycles. The van der Waals surface area contributed by atoms with Crippen LogP contribution in [-0.4, -0.2) is 30.5 Å². The third-order valence-electron chi connectivity index (χ3n) is 11.8. The van der Waals surface area contributed by atoms with Crippen LogP contribution in [0.5, 0.6) is 0 Å². The Labute approximate surface area is 401 Å². The molecule has 0 aliphatic heterocycles. The number of para-hydroxylation sites is 2. The van der Waals surface area contributed by atoms with E-state index < -0.39 is 6.04 Å². The van der Waals surface area contributed by atoms with Crippen molar-refractivity contribution in [2.24, 2.45) is 9.98 Å². The number of aryl methyl sites for hydroxylation is 2. The molecule has 0 amide bonds. The SMILES string of the molecule is C#CCC(N=C(c1ccccc1)c1ccccc1)c1nc2cccc(C)c2c(=O)n1-c1ccccc1.Cc1cccc2nc(CN=C(c3ccccc3)c3ccccc3)n(-c3ccccc3)c(=O)c12. The quantitative estimate of drug-likeness (QED) is 0.0954. The van der Waals surface area contributed by atoms with Crippen LogP contribution in [0.4, 0.5) is 0 Å². The molecule has 0 saturated heterocycles. The molecule has 2 aromatic heterocycles. The van der Waals surface area contributed by atoms with Gasteiger partial charge in [-0.15, -0.1) is 12.3 Å². The zero-order valence-electron chi connectivity index (χ0n) is 38.4. The van der Waals surface area contributed by atoms with Crippen LogP contribution in [0.25, 0.3) is 33.2 Å². The summed E-state index contributed by atoms with van der Waals surface area (Å²) in [6.07, 6.45) is 6.14. The number of nitrogens with zero attached hydrogens (tertiary/aromatic N) is 6. The largest absolute Gasteiger partial charge is 0.276 e. The van der Waals surface area contributed by atoms with Gasteiger partial charge in [-0.05, 0) is 61.4 Å². The van der Waals surface area contributed by atoms with Crippen LogP contribution >= 0.6 is 0 Å². The molecule has 69 heavy (non-hydrogen) atoms. The molecule has 0 radical (unpaired) electrons. The Kier molecular flexibility index (Phi) is 13.8. The van der Waals surface area contributed by atoms with Crippen LogP contribution in [0.15, 0.2) is 238 Å². The van der Waals surface area contributed by atoms with Gasteiger partial charge in [0.1, 0.15) is 17.7 Å². The van der Waals surface area contributed by atoms with E-state index in [1.165, 1.54) is 0 Å². The number of terminal acetylenes is 1. The van der Waals surface area contributed by atoms with Crippen LogP contribution < -0.4 is 11.1 Å². The summed E-state index contributed by atoms with van der Waals surface area (Å²) in [7, 11) is 0.